The van der Waals surface area contributed by atoms with Gasteiger partial charge in [-0.05, 0) is 98.6 Å². The van der Waals surface area contributed by atoms with Crippen LogP contribution >= 0.6 is 0 Å². The fraction of sp³-hybridized carbons (Fsp3) is 0.0769. The Hall–Kier alpha value is -10.6. The van der Waals surface area contributed by atoms with Gasteiger partial charge in [-0.2, -0.15) is 0 Å². The van der Waals surface area contributed by atoms with Crippen LogP contribution in [0.5, 0.6) is 0 Å². The molecular formula is C78H54N4O2. The maximum atomic E-state index is 6.73. The fourth-order valence-corrected chi connectivity index (χ4v) is 13.3. The lowest BCUT2D eigenvalue weighted by Gasteiger charge is -2.21. The lowest BCUT2D eigenvalue weighted by atomic mass is 9.82. The van der Waals surface area contributed by atoms with Crippen molar-refractivity contribution >= 4 is 54.8 Å². The van der Waals surface area contributed by atoms with Gasteiger partial charge in [-0.3, -0.25) is 0 Å². The maximum absolute atomic E-state index is 6.73. The first-order valence-electron chi connectivity index (χ1n) is 28.8. The minimum Gasteiger partial charge on any atom is -0.455 e. The van der Waals surface area contributed by atoms with Crippen molar-refractivity contribution in [3.05, 3.63) is 277 Å². The Kier molecular flexibility index (Phi) is 11.2. The number of rotatable bonds is 6. The van der Waals surface area contributed by atoms with Crippen molar-refractivity contribution in [2.75, 3.05) is 0 Å². The monoisotopic (exact) mass is 1080 g/mol. The summed E-state index contributed by atoms with van der Waals surface area (Å²) in [6, 6.07) is 89.1. The smallest absolute Gasteiger partial charge is 0.164 e. The Morgan fingerprint density at radius 2 is 0.726 bits per heavy atom. The van der Waals surface area contributed by atoms with E-state index in [9.17, 15) is 0 Å². The Balaban J connectivity index is 0.000000140. The first kappa shape index (κ1) is 49.3. The Morgan fingerprint density at radius 3 is 1.35 bits per heavy atom. The Bertz CT molecular complexity index is 5080. The molecule has 0 fully saturated rings. The highest BCUT2D eigenvalue weighted by Crippen LogP contribution is 2.53. The molecule has 4 heterocycles. The van der Waals surface area contributed by atoms with Crippen LogP contribution in [-0.4, -0.2) is 19.9 Å². The summed E-state index contributed by atoms with van der Waals surface area (Å²) in [5.41, 5.74) is 24.8. The summed E-state index contributed by atoms with van der Waals surface area (Å²) in [6.07, 6.45) is 0. The van der Waals surface area contributed by atoms with Gasteiger partial charge < -0.3 is 8.83 Å². The summed E-state index contributed by atoms with van der Waals surface area (Å²) in [7, 11) is 0. The molecule has 2 aliphatic carbocycles. The highest BCUT2D eigenvalue weighted by molar-refractivity contribution is 6.13. The molecule has 15 aromatic rings. The number of para-hydroxylation sites is 3. The van der Waals surface area contributed by atoms with Crippen molar-refractivity contribution < 1.29 is 8.83 Å². The normalized spacial score (nSPS) is 13.4. The van der Waals surface area contributed by atoms with Gasteiger partial charge in [0.05, 0.1) is 28.2 Å². The molecule has 0 unspecified atom stereocenters. The standard InChI is InChI=1S/C43H30N2O.C35H24N2O/c1-43(2)36-22-10-9-19-32(36)34-24-35-33-21-12-20-31(41(33)46-40(35)25-37(34)43)29-17-11-18-30(23-29)39-26-38(27-13-5-3-6-14-27)44-42(45-39)28-15-7-4-8-16-28;1-35(2)28-17-8-6-13-22(28)26-19-27-23-15-10-16-25(33(23)38-31(27)20-29(26)35)34-36-30-18-9-7-14-24(30)32(37-34)21-11-4-3-5-12-21/h3-26H,1-2H3;3-20H,1-2H3. The van der Waals surface area contributed by atoms with E-state index in [1.807, 2.05) is 66.7 Å². The molecule has 6 heteroatoms. The molecular weight excluding hydrogens is 1020 g/mol. The van der Waals surface area contributed by atoms with Crippen LogP contribution in [0.25, 0.3) is 145 Å². The van der Waals surface area contributed by atoms with E-state index < -0.39 is 0 Å². The molecule has 6 nitrogen and oxygen atoms in total. The number of nitrogens with zero attached hydrogens (tertiary/aromatic N) is 4. The minimum absolute atomic E-state index is 0.0754. The number of fused-ring (bicyclic) bond motifs is 13. The highest BCUT2D eigenvalue weighted by Gasteiger charge is 2.38. The second-order valence-corrected chi connectivity index (χ2v) is 23.3. The first-order chi connectivity index (χ1) is 41.1. The van der Waals surface area contributed by atoms with Gasteiger partial charge in [0.15, 0.2) is 11.6 Å². The van der Waals surface area contributed by atoms with Crippen LogP contribution < -0.4 is 0 Å². The molecule has 0 saturated heterocycles. The summed E-state index contributed by atoms with van der Waals surface area (Å²) >= 11 is 0. The molecule has 0 spiro atoms. The van der Waals surface area contributed by atoms with Gasteiger partial charge in [-0.15, -0.1) is 0 Å². The summed E-state index contributed by atoms with van der Waals surface area (Å²) in [4.78, 5) is 20.1. The van der Waals surface area contributed by atoms with E-state index in [4.69, 9.17) is 28.8 Å². The van der Waals surface area contributed by atoms with Crippen LogP contribution in [0.2, 0.25) is 0 Å². The third-order valence-corrected chi connectivity index (χ3v) is 17.6. The van der Waals surface area contributed by atoms with Crippen molar-refractivity contribution in [2.45, 2.75) is 38.5 Å². The summed E-state index contributed by atoms with van der Waals surface area (Å²) in [5.74, 6) is 1.38. The molecule has 0 amide bonds. The van der Waals surface area contributed by atoms with Crippen LogP contribution in [0.3, 0.4) is 0 Å². The predicted octanol–water partition coefficient (Wildman–Crippen LogP) is 20.5. The topological polar surface area (TPSA) is 77.8 Å². The van der Waals surface area contributed by atoms with Crippen LogP contribution in [0.4, 0.5) is 0 Å². The van der Waals surface area contributed by atoms with Crippen LogP contribution in [-0.2, 0) is 10.8 Å². The van der Waals surface area contributed by atoms with E-state index in [-0.39, 0.29) is 10.8 Å². The van der Waals surface area contributed by atoms with Crippen molar-refractivity contribution in [2.24, 2.45) is 0 Å². The van der Waals surface area contributed by atoms with Gasteiger partial charge >= 0.3 is 0 Å². The molecule has 2 aliphatic rings. The molecule has 0 bridgehead atoms. The van der Waals surface area contributed by atoms with Gasteiger partial charge in [0, 0.05) is 65.6 Å². The maximum Gasteiger partial charge on any atom is 0.164 e. The highest BCUT2D eigenvalue weighted by atomic mass is 16.3. The molecule has 84 heavy (non-hydrogen) atoms. The number of furan rings is 2. The number of aromatic nitrogens is 4. The summed E-state index contributed by atoms with van der Waals surface area (Å²) in [6.45, 7) is 9.21. The zero-order chi connectivity index (χ0) is 56.3. The van der Waals surface area contributed by atoms with Crippen LogP contribution in [0.1, 0.15) is 49.9 Å². The van der Waals surface area contributed by atoms with E-state index in [0.717, 1.165) is 111 Å². The number of hydrogen-bond acceptors (Lipinski definition) is 6. The molecule has 0 atom stereocenters. The molecule has 17 rings (SSSR count). The zero-order valence-corrected chi connectivity index (χ0v) is 46.9. The van der Waals surface area contributed by atoms with Gasteiger partial charge in [-0.25, -0.2) is 19.9 Å². The molecule has 0 saturated carbocycles. The zero-order valence-electron chi connectivity index (χ0n) is 46.9. The van der Waals surface area contributed by atoms with E-state index in [1.165, 1.54) is 44.5 Å². The Labute approximate surface area is 486 Å². The summed E-state index contributed by atoms with van der Waals surface area (Å²) in [5, 5.41) is 5.52. The third kappa shape index (κ3) is 7.85. The lowest BCUT2D eigenvalue weighted by molar-refractivity contribution is 0.647. The van der Waals surface area contributed by atoms with Crippen molar-refractivity contribution in [3.63, 3.8) is 0 Å². The van der Waals surface area contributed by atoms with Crippen molar-refractivity contribution in [3.8, 4) is 89.9 Å². The lowest BCUT2D eigenvalue weighted by Crippen LogP contribution is -2.14. The molecule has 0 aliphatic heterocycles. The van der Waals surface area contributed by atoms with E-state index in [1.54, 1.807) is 0 Å². The average molecular weight is 1080 g/mol. The number of benzene rings is 11. The van der Waals surface area contributed by atoms with E-state index in [2.05, 4.69) is 216 Å². The third-order valence-electron chi connectivity index (χ3n) is 17.6. The van der Waals surface area contributed by atoms with Gasteiger partial charge in [0.2, 0.25) is 0 Å². The van der Waals surface area contributed by atoms with Gasteiger partial charge in [0.25, 0.3) is 0 Å². The predicted molar refractivity (Wildman–Crippen MR) is 344 cm³/mol. The van der Waals surface area contributed by atoms with E-state index in [0.29, 0.717) is 11.6 Å². The van der Waals surface area contributed by atoms with Gasteiger partial charge in [0.1, 0.15) is 22.3 Å². The fourth-order valence-electron chi connectivity index (χ4n) is 13.3. The van der Waals surface area contributed by atoms with Gasteiger partial charge in [-0.1, -0.05) is 234 Å². The molecule has 4 aromatic heterocycles. The molecule has 0 radical (unpaired) electrons. The van der Waals surface area contributed by atoms with Crippen molar-refractivity contribution in [1.82, 2.24) is 19.9 Å². The second-order valence-electron chi connectivity index (χ2n) is 23.3. The second kappa shape index (κ2) is 19.0. The average Bonchev–Trinajstić information content (AvgIpc) is 2.37. The van der Waals surface area contributed by atoms with E-state index >= 15 is 0 Å². The SMILES string of the molecule is CC1(C)c2ccccc2-c2cc3c(cc21)oc1c(-c2cccc(-c4cc(-c5ccccc5)nc(-c5ccccc5)n4)c2)cccc13.CC1(C)c2ccccc2-c2cc3c(cc21)oc1c(-c2nc(-c4ccccc4)c4ccccc4n2)cccc13. The minimum atomic E-state index is -0.0784. The summed E-state index contributed by atoms with van der Waals surface area (Å²) < 4.78 is 13.4. The first-order valence-corrected chi connectivity index (χ1v) is 28.8. The van der Waals surface area contributed by atoms with Crippen LogP contribution in [0, 0.1) is 0 Å². The van der Waals surface area contributed by atoms with Crippen molar-refractivity contribution in [1.29, 1.82) is 0 Å². The largest absolute Gasteiger partial charge is 0.455 e. The number of hydrogen-bond donors (Lipinski definition) is 0. The quantitative estimate of drug-likeness (QED) is 0.165. The van der Waals surface area contributed by atoms with Crippen LogP contribution in [0.15, 0.2) is 264 Å². The molecule has 0 N–H and O–H groups in total. The molecule has 11 aromatic carbocycles. The Morgan fingerprint density at radius 1 is 0.274 bits per heavy atom. The molecule has 398 valence electrons.